The zero-order chi connectivity index (χ0) is 27.7. The van der Waals surface area contributed by atoms with E-state index in [-0.39, 0.29) is 24.6 Å². The van der Waals surface area contributed by atoms with Gasteiger partial charge in [-0.25, -0.2) is 0 Å². The fourth-order valence-corrected chi connectivity index (χ4v) is 4.86. The molecular weight excluding hydrogens is 500 g/mol. The Morgan fingerprint density at radius 2 is 1.67 bits per heavy atom. The summed E-state index contributed by atoms with van der Waals surface area (Å²) in [5.74, 6) is 1.60. The Kier molecular flexibility index (Phi) is 7.02. The Labute approximate surface area is 226 Å². The van der Waals surface area contributed by atoms with Crippen molar-refractivity contribution in [2.75, 3.05) is 27.9 Å². The standard InChI is InChI=1S/C31H28O8/c1-17(2)16-37-30-19(9-7-11-24(30)35-4)21-15-26(32)38-22-13-12-20-28(33)25(39-31(20)27(21)22)14-18-8-6-10-23(34-3)29(18)36-5/h6-14,21H,1,15-16H2,2-5H3/b25-14-/t21-/m0/s1. The van der Waals surface area contributed by atoms with E-state index in [1.807, 2.05) is 19.1 Å². The molecule has 8 heteroatoms. The SMILES string of the molecule is C=C(C)COc1c(OC)cccc1[C@@H]1CC(=O)Oc2ccc3c(c21)O/C(=C\c1cccc(OC)c1OC)C3=O. The van der Waals surface area contributed by atoms with Crippen molar-refractivity contribution in [3.63, 3.8) is 0 Å². The number of benzene rings is 3. The smallest absolute Gasteiger partial charge is 0.312 e. The lowest BCUT2D eigenvalue weighted by molar-refractivity contribution is -0.135. The third kappa shape index (κ3) is 4.69. The summed E-state index contributed by atoms with van der Waals surface area (Å²) in [5, 5.41) is 0. The van der Waals surface area contributed by atoms with Crippen molar-refractivity contribution in [1.82, 2.24) is 0 Å². The number of ether oxygens (including phenoxy) is 6. The van der Waals surface area contributed by atoms with Crippen LogP contribution >= 0.6 is 0 Å². The van der Waals surface area contributed by atoms with Crippen LogP contribution < -0.4 is 28.4 Å². The van der Waals surface area contributed by atoms with Crippen LogP contribution in [-0.2, 0) is 4.79 Å². The summed E-state index contributed by atoms with van der Waals surface area (Å²) in [5.41, 5.74) is 3.12. The van der Waals surface area contributed by atoms with Crippen molar-refractivity contribution in [2.45, 2.75) is 19.3 Å². The molecule has 3 aromatic rings. The molecular formula is C31H28O8. The van der Waals surface area contributed by atoms with Crippen molar-refractivity contribution >= 4 is 17.8 Å². The quantitative estimate of drug-likeness (QED) is 0.159. The van der Waals surface area contributed by atoms with E-state index >= 15 is 0 Å². The molecule has 0 amide bonds. The summed E-state index contributed by atoms with van der Waals surface area (Å²) in [7, 11) is 4.63. The molecule has 0 aliphatic carbocycles. The summed E-state index contributed by atoms with van der Waals surface area (Å²) in [4.78, 5) is 26.2. The van der Waals surface area contributed by atoms with Crippen LogP contribution in [0, 0.1) is 0 Å². The fourth-order valence-electron chi connectivity index (χ4n) is 4.86. The average molecular weight is 529 g/mol. The van der Waals surface area contributed by atoms with Crippen molar-refractivity contribution in [2.24, 2.45) is 0 Å². The van der Waals surface area contributed by atoms with Crippen LogP contribution in [0.2, 0.25) is 0 Å². The number of Topliss-reactive ketones (excluding diaryl/α,β-unsaturated/α-hetero) is 1. The maximum Gasteiger partial charge on any atom is 0.312 e. The topological polar surface area (TPSA) is 89.5 Å². The van der Waals surface area contributed by atoms with Gasteiger partial charge in [0.2, 0.25) is 5.78 Å². The van der Waals surface area contributed by atoms with Gasteiger partial charge in [0.1, 0.15) is 18.1 Å². The monoisotopic (exact) mass is 528 g/mol. The lowest BCUT2D eigenvalue weighted by Crippen LogP contribution is -2.22. The second-order valence-corrected chi connectivity index (χ2v) is 9.23. The first-order valence-electron chi connectivity index (χ1n) is 12.3. The number of ketones is 1. The van der Waals surface area contributed by atoms with Crippen LogP contribution in [-0.4, -0.2) is 39.7 Å². The van der Waals surface area contributed by atoms with Crippen molar-refractivity contribution < 1.29 is 38.0 Å². The van der Waals surface area contributed by atoms with Gasteiger partial charge in [-0.1, -0.05) is 30.8 Å². The summed E-state index contributed by atoms with van der Waals surface area (Å²) in [6, 6.07) is 14.1. The van der Waals surface area contributed by atoms with E-state index in [0.29, 0.717) is 56.8 Å². The highest BCUT2D eigenvalue weighted by molar-refractivity contribution is 6.15. The molecule has 3 aromatic carbocycles. The normalized spacial score (nSPS) is 16.6. The van der Waals surface area contributed by atoms with Gasteiger partial charge in [-0.05, 0) is 42.8 Å². The lowest BCUT2D eigenvalue weighted by atomic mass is 9.84. The van der Waals surface area contributed by atoms with Gasteiger partial charge in [0.25, 0.3) is 0 Å². The molecule has 0 bridgehead atoms. The second kappa shape index (κ2) is 10.6. The predicted octanol–water partition coefficient (Wildman–Crippen LogP) is 5.72. The molecule has 2 aliphatic rings. The number of methoxy groups -OCH3 is 3. The first kappa shape index (κ1) is 25.9. The fraction of sp³-hybridized carbons (Fsp3) is 0.226. The first-order valence-corrected chi connectivity index (χ1v) is 12.3. The molecule has 0 N–H and O–H groups in total. The van der Waals surface area contributed by atoms with E-state index in [1.165, 1.54) is 7.11 Å². The van der Waals surface area contributed by atoms with Crippen LogP contribution in [0.25, 0.3) is 6.08 Å². The third-order valence-electron chi connectivity index (χ3n) is 6.57. The molecule has 0 saturated heterocycles. The number of rotatable bonds is 8. The number of fused-ring (bicyclic) bond motifs is 3. The van der Waals surface area contributed by atoms with Gasteiger partial charge in [0.15, 0.2) is 28.8 Å². The number of carbonyl (C=O) groups is 2. The van der Waals surface area contributed by atoms with Crippen molar-refractivity contribution in [1.29, 1.82) is 0 Å². The van der Waals surface area contributed by atoms with E-state index in [2.05, 4.69) is 6.58 Å². The van der Waals surface area contributed by atoms with E-state index in [0.717, 1.165) is 5.57 Å². The minimum atomic E-state index is -0.509. The molecule has 0 aromatic heterocycles. The van der Waals surface area contributed by atoms with Gasteiger partial charge in [-0.3, -0.25) is 9.59 Å². The molecule has 0 spiro atoms. The summed E-state index contributed by atoms with van der Waals surface area (Å²) in [6.07, 6.45) is 1.65. The Balaban J connectivity index is 1.63. The van der Waals surface area contributed by atoms with E-state index < -0.39 is 11.9 Å². The highest BCUT2D eigenvalue weighted by atomic mass is 16.5. The largest absolute Gasteiger partial charge is 0.493 e. The molecule has 39 heavy (non-hydrogen) atoms. The van der Waals surface area contributed by atoms with Gasteiger partial charge in [-0.2, -0.15) is 0 Å². The molecule has 2 heterocycles. The highest BCUT2D eigenvalue weighted by Crippen LogP contribution is 2.52. The molecule has 1 atom stereocenters. The van der Waals surface area contributed by atoms with Crippen molar-refractivity contribution in [3.8, 4) is 34.5 Å². The maximum absolute atomic E-state index is 13.5. The minimum Gasteiger partial charge on any atom is -0.493 e. The molecule has 8 nitrogen and oxygen atoms in total. The van der Waals surface area contributed by atoms with Crippen LogP contribution in [0.4, 0.5) is 0 Å². The summed E-state index contributed by atoms with van der Waals surface area (Å²) in [6.45, 7) is 6.05. The first-order chi connectivity index (χ1) is 18.9. The number of hydrogen-bond acceptors (Lipinski definition) is 8. The average Bonchev–Trinajstić information content (AvgIpc) is 3.25. The summed E-state index contributed by atoms with van der Waals surface area (Å²) < 4.78 is 34.4. The predicted molar refractivity (Wildman–Crippen MR) is 144 cm³/mol. The Hall–Kier alpha value is -4.72. The van der Waals surface area contributed by atoms with Gasteiger partial charge in [-0.15, -0.1) is 0 Å². The molecule has 0 unspecified atom stereocenters. The minimum absolute atomic E-state index is 0.0281. The number of esters is 1. The summed E-state index contributed by atoms with van der Waals surface area (Å²) >= 11 is 0. The van der Waals surface area contributed by atoms with Gasteiger partial charge in [0, 0.05) is 22.6 Å². The van der Waals surface area contributed by atoms with Gasteiger partial charge < -0.3 is 28.4 Å². The van der Waals surface area contributed by atoms with Gasteiger partial charge >= 0.3 is 5.97 Å². The van der Waals surface area contributed by atoms with E-state index in [4.69, 9.17) is 28.4 Å². The van der Waals surface area contributed by atoms with Crippen LogP contribution in [0.1, 0.15) is 46.3 Å². The van der Waals surface area contributed by atoms with E-state index in [1.54, 1.807) is 56.7 Å². The number of para-hydroxylation sites is 2. The van der Waals surface area contributed by atoms with Crippen LogP contribution in [0.15, 0.2) is 66.4 Å². The maximum atomic E-state index is 13.5. The van der Waals surface area contributed by atoms with Gasteiger partial charge in [0.05, 0.1) is 33.3 Å². The number of carbonyl (C=O) groups excluding carboxylic acids is 2. The van der Waals surface area contributed by atoms with E-state index in [9.17, 15) is 9.59 Å². The second-order valence-electron chi connectivity index (χ2n) is 9.23. The third-order valence-corrected chi connectivity index (χ3v) is 6.57. The number of hydrogen-bond donors (Lipinski definition) is 0. The molecule has 0 radical (unpaired) electrons. The van der Waals surface area contributed by atoms with Crippen LogP contribution in [0.3, 0.4) is 0 Å². The number of allylic oxidation sites excluding steroid dienone is 1. The molecule has 2 aliphatic heterocycles. The Morgan fingerprint density at radius 1 is 0.949 bits per heavy atom. The Morgan fingerprint density at radius 3 is 2.36 bits per heavy atom. The van der Waals surface area contributed by atoms with Crippen molar-refractivity contribution in [3.05, 3.63) is 88.7 Å². The molecule has 0 fully saturated rings. The lowest BCUT2D eigenvalue weighted by Gasteiger charge is -2.28. The Bertz CT molecular complexity index is 1520. The molecule has 0 saturated carbocycles. The van der Waals surface area contributed by atoms with Crippen LogP contribution in [0.5, 0.6) is 34.5 Å². The zero-order valence-corrected chi connectivity index (χ0v) is 22.2. The zero-order valence-electron chi connectivity index (χ0n) is 22.2. The highest BCUT2D eigenvalue weighted by Gasteiger charge is 2.40. The molecule has 5 rings (SSSR count). The molecule has 200 valence electrons.